The van der Waals surface area contributed by atoms with Crippen molar-refractivity contribution in [1.29, 1.82) is 0 Å². The number of hydrogen-bond acceptors (Lipinski definition) is 5. The molecule has 2 heterocycles. The summed E-state index contributed by atoms with van der Waals surface area (Å²) >= 11 is 0. The number of carbonyl (C=O) groups excluding carboxylic acids is 1. The second-order valence-corrected chi connectivity index (χ2v) is 6.64. The molecule has 1 aromatic rings. The van der Waals surface area contributed by atoms with E-state index in [9.17, 15) is 36.2 Å². The Labute approximate surface area is 154 Å². The van der Waals surface area contributed by atoms with Gasteiger partial charge >= 0.3 is 12.4 Å². The highest BCUT2D eigenvalue weighted by molar-refractivity contribution is 6.09. The summed E-state index contributed by atoms with van der Waals surface area (Å²) in [6.45, 7) is 0.230. The summed E-state index contributed by atoms with van der Waals surface area (Å²) in [6, 6.07) is 2.17. The number of pyridine rings is 1. The average molecular weight is 410 g/mol. The molecule has 0 spiro atoms. The van der Waals surface area contributed by atoms with Crippen LogP contribution in [0.25, 0.3) is 0 Å². The molecule has 1 aliphatic rings. The van der Waals surface area contributed by atoms with Crippen LogP contribution < -0.4 is 11.5 Å². The number of nitrogens with zero attached hydrogens (tertiary/aromatic N) is 2. The number of alkyl halides is 6. The third-order valence-electron chi connectivity index (χ3n) is 4.46. The summed E-state index contributed by atoms with van der Waals surface area (Å²) in [7, 11) is 0. The lowest BCUT2D eigenvalue weighted by Crippen LogP contribution is -2.56. The first-order chi connectivity index (χ1) is 12.6. The minimum absolute atomic E-state index is 0.230. The lowest BCUT2D eigenvalue weighted by atomic mass is 9.67. The molecule has 0 radical (unpaired) electrons. The fraction of sp³-hybridized carbons (Fsp3) is 0.438. The number of amides is 1. The number of aromatic nitrogens is 1. The van der Waals surface area contributed by atoms with Crippen LogP contribution in [-0.2, 0) is 4.79 Å². The summed E-state index contributed by atoms with van der Waals surface area (Å²) < 4.78 is 82.1. The van der Waals surface area contributed by atoms with Crippen molar-refractivity contribution in [2.75, 3.05) is 0 Å². The molecule has 2 unspecified atom stereocenters. The molecule has 0 fully saturated rings. The Bertz CT molecular complexity index is 830. The summed E-state index contributed by atoms with van der Waals surface area (Å²) in [5, 5.41) is 9.82. The Morgan fingerprint density at radius 1 is 1.21 bits per heavy atom. The van der Waals surface area contributed by atoms with E-state index < -0.39 is 59.2 Å². The zero-order chi connectivity index (χ0) is 21.5. The molecule has 1 amide bonds. The van der Waals surface area contributed by atoms with Crippen molar-refractivity contribution in [2.45, 2.75) is 37.7 Å². The zero-order valence-corrected chi connectivity index (χ0v) is 14.4. The topological polar surface area (TPSA) is 115 Å². The van der Waals surface area contributed by atoms with Crippen molar-refractivity contribution in [1.82, 2.24) is 4.98 Å². The van der Waals surface area contributed by atoms with Gasteiger partial charge in [0.1, 0.15) is 11.1 Å². The van der Waals surface area contributed by atoms with E-state index in [1.807, 2.05) is 0 Å². The van der Waals surface area contributed by atoms with E-state index in [0.29, 0.717) is 0 Å². The molecule has 5 N–H and O–H groups in total. The molecule has 0 aromatic carbocycles. The van der Waals surface area contributed by atoms with Gasteiger partial charge < -0.3 is 16.6 Å². The number of hydrogen-bond donors (Lipinski definition) is 3. The maximum absolute atomic E-state index is 14.2. The van der Waals surface area contributed by atoms with Crippen molar-refractivity contribution in [3.63, 3.8) is 0 Å². The van der Waals surface area contributed by atoms with Crippen LogP contribution in [0.15, 0.2) is 40.9 Å². The predicted molar refractivity (Wildman–Crippen MR) is 85.6 cm³/mol. The number of primary amides is 1. The van der Waals surface area contributed by atoms with Gasteiger partial charge in [-0.25, -0.2) is 4.99 Å². The van der Waals surface area contributed by atoms with Crippen LogP contribution in [-0.4, -0.2) is 39.7 Å². The molecule has 0 saturated heterocycles. The molecular weight excluding hydrogens is 394 g/mol. The van der Waals surface area contributed by atoms with Crippen LogP contribution in [0, 0.1) is 5.41 Å². The van der Waals surface area contributed by atoms with Gasteiger partial charge in [0.2, 0.25) is 0 Å². The standard InChI is InChI=1S/C16H16F6N4O2/c1-13(28,15(17,18)19)7-14(16(20,21)22)6-9(23)10(12(24)27)26-11(14)8-2-4-25-5-3-8/h2-5,28H,6-7,23H2,1H3,(H2,24,27). The molecule has 12 heteroatoms. The summed E-state index contributed by atoms with van der Waals surface area (Å²) in [5.41, 5.74) is 1.01. The van der Waals surface area contributed by atoms with E-state index in [-0.39, 0.29) is 12.5 Å². The van der Waals surface area contributed by atoms with Crippen molar-refractivity contribution < 1.29 is 36.2 Å². The van der Waals surface area contributed by atoms with Gasteiger partial charge in [-0.1, -0.05) is 0 Å². The van der Waals surface area contributed by atoms with E-state index in [1.54, 1.807) is 0 Å². The van der Waals surface area contributed by atoms with Crippen LogP contribution in [0.3, 0.4) is 0 Å². The molecule has 1 aromatic heterocycles. The molecule has 1 aliphatic heterocycles. The molecule has 2 atom stereocenters. The summed E-state index contributed by atoms with van der Waals surface area (Å²) in [5.74, 6) is -1.23. The smallest absolute Gasteiger partial charge is 0.400 e. The molecule has 154 valence electrons. The van der Waals surface area contributed by atoms with Crippen molar-refractivity contribution in [3.8, 4) is 0 Å². The Hall–Kier alpha value is -2.63. The Morgan fingerprint density at radius 2 is 1.75 bits per heavy atom. The van der Waals surface area contributed by atoms with E-state index in [1.165, 1.54) is 0 Å². The fourth-order valence-corrected chi connectivity index (χ4v) is 3.02. The molecule has 28 heavy (non-hydrogen) atoms. The van der Waals surface area contributed by atoms with E-state index in [2.05, 4.69) is 9.98 Å². The maximum Gasteiger partial charge on any atom is 0.416 e. The molecule has 0 aliphatic carbocycles. The number of allylic oxidation sites excluding steroid dienone is 1. The van der Waals surface area contributed by atoms with Gasteiger partial charge in [-0.05, 0) is 24.6 Å². The normalized spacial score (nSPS) is 23.2. The van der Waals surface area contributed by atoms with E-state index in [0.717, 1.165) is 24.5 Å². The predicted octanol–water partition coefficient (Wildman–Crippen LogP) is 2.18. The van der Waals surface area contributed by atoms with Gasteiger partial charge in [0.15, 0.2) is 5.60 Å². The van der Waals surface area contributed by atoms with Gasteiger partial charge in [-0.15, -0.1) is 0 Å². The Balaban J connectivity index is 2.80. The van der Waals surface area contributed by atoms with Gasteiger partial charge in [-0.2, -0.15) is 26.3 Å². The third-order valence-corrected chi connectivity index (χ3v) is 4.46. The quantitative estimate of drug-likeness (QED) is 0.660. The van der Waals surface area contributed by atoms with Crippen LogP contribution >= 0.6 is 0 Å². The van der Waals surface area contributed by atoms with Crippen LogP contribution in [0.2, 0.25) is 0 Å². The second-order valence-electron chi connectivity index (χ2n) is 6.64. The number of aliphatic imine (C=N–C) groups is 1. The van der Waals surface area contributed by atoms with Gasteiger partial charge in [0, 0.05) is 30.9 Å². The SMILES string of the molecule is CC(O)(CC1(C(F)(F)F)CC(N)=C(C(N)=O)N=C1c1ccncc1)C(F)(F)F. The minimum Gasteiger partial charge on any atom is -0.400 e. The monoisotopic (exact) mass is 410 g/mol. The largest absolute Gasteiger partial charge is 0.416 e. The summed E-state index contributed by atoms with van der Waals surface area (Å²) in [6.07, 6.45) is -11.5. The van der Waals surface area contributed by atoms with Crippen LogP contribution in [0.4, 0.5) is 26.3 Å². The number of rotatable bonds is 4. The molecule has 2 rings (SSSR count). The van der Waals surface area contributed by atoms with Crippen LogP contribution in [0.5, 0.6) is 0 Å². The number of aliphatic hydroxyl groups is 1. The Morgan fingerprint density at radius 3 is 2.18 bits per heavy atom. The molecule has 6 nitrogen and oxygen atoms in total. The van der Waals surface area contributed by atoms with Gasteiger partial charge in [0.05, 0.1) is 5.71 Å². The molecular formula is C16H16F6N4O2. The molecule has 0 bridgehead atoms. The highest BCUT2D eigenvalue weighted by Crippen LogP contribution is 2.54. The van der Waals surface area contributed by atoms with Crippen molar-refractivity contribution in [3.05, 3.63) is 41.5 Å². The third kappa shape index (κ3) is 3.68. The maximum atomic E-state index is 14.2. The Kier molecular flexibility index (Phi) is 5.23. The van der Waals surface area contributed by atoms with Crippen molar-refractivity contribution in [2.24, 2.45) is 21.9 Å². The average Bonchev–Trinajstić information content (AvgIpc) is 2.53. The minimum atomic E-state index is -5.36. The van der Waals surface area contributed by atoms with Crippen molar-refractivity contribution >= 4 is 11.6 Å². The highest BCUT2D eigenvalue weighted by atomic mass is 19.4. The van der Waals surface area contributed by atoms with E-state index >= 15 is 0 Å². The lowest BCUT2D eigenvalue weighted by molar-refractivity contribution is -0.281. The van der Waals surface area contributed by atoms with Crippen LogP contribution in [0.1, 0.15) is 25.3 Å². The zero-order valence-electron chi connectivity index (χ0n) is 14.4. The molecule has 0 saturated carbocycles. The number of carbonyl (C=O) groups is 1. The number of nitrogens with two attached hydrogens (primary N) is 2. The fourth-order valence-electron chi connectivity index (χ4n) is 3.02. The first-order valence-electron chi connectivity index (χ1n) is 7.76. The number of halogens is 6. The van der Waals surface area contributed by atoms with Gasteiger partial charge in [-0.3, -0.25) is 9.78 Å². The van der Waals surface area contributed by atoms with E-state index in [4.69, 9.17) is 11.5 Å². The van der Waals surface area contributed by atoms with Gasteiger partial charge in [0.25, 0.3) is 5.91 Å². The summed E-state index contributed by atoms with van der Waals surface area (Å²) in [4.78, 5) is 18.7. The first kappa shape index (κ1) is 21.7. The lowest BCUT2D eigenvalue weighted by Gasteiger charge is -2.43. The first-order valence-corrected chi connectivity index (χ1v) is 7.76. The second kappa shape index (κ2) is 6.76. The highest BCUT2D eigenvalue weighted by Gasteiger charge is 2.66.